The summed E-state index contributed by atoms with van der Waals surface area (Å²) in [6.45, 7) is 11.0. The molecule has 1 nitrogen and oxygen atoms in total. The minimum atomic E-state index is -1.90. The van der Waals surface area contributed by atoms with Crippen LogP contribution in [-0.2, 0) is 17.4 Å². The normalized spacial score (nSPS) is 27.7. The molecular formula is C44H52NSiTi. The van der Waals surface area contributed by atoms with Gasteiger partial charge in [-0.1, -0.05) is 60.7 Å². The average molecular weight is 671 g/mol. The van der Waals surface area contributed by atoms with E-state index in [-0.39, 0.29) is 0 Å². The van der Waals surface area contributed by atoms with Gasteiger partial charge in [-0.05, 0) is 11.1 Å². The van der Waals surface area contributed by atoms with Crippen LogP contribution in [-0.4, -0.2) is 12.2 Å². The summed E-state index contributed by atoms with van der Waals surface area (Å²) >= 11 is -1.90. The molecule has 3 unspecified atom stereocenters. The van der Waals surface area contributed by atoms with Crippen LogP contribution >= 0.6 is 0 Å². The molecule has 4 aromatic rings. The van der Waals surface area contributed by atoms with Gasteiger partial charge in [0, 0.05) is 0 Å². The van der Waals surface area contributed by atoms with E-state index in [1.54, 1.807) is 27.1 Å². The van der Waals surface area contributed by atoms with Crippen LogP contribution in [0.1, 0.15) is 73.1 Å². The van der Waals surface area contributed by atoms with Crippen LogP contribution in [0.2, 0.25) is 0 Å². The molecule has 5 aliphatic carbocycles. The second-order valence-corrected chi connectivity index (χ2v) is 25.5. The molecule has 0 aliphatic heterocycles. The summed E-state index contributed by atoms with van der Waals surface area (Å²) in [7, 11) is 0. The van der Waals surface area contributed by atoms with Gasteiger partial charge in [-0.3, -0.25) is 0 Å². The summed E-state index contributed by atoms with van der Waals surface area (Å²) in [5.41, 5.74) is 8.35. The molecular weight excluding hydrogens is 618 g/mol. The van der Waals surface area contributed by atoms with Crippen LogP contribution in [0.15, 0.2) is 142 Å². The summed E-state index contributed by atoms with van der Waals surface area (Å²) in [6.07, 6.45) is 8.76. The molecule has 241 valence electrons. The van der Waals surface area contributed by atoms with E-state index in [9.17, 15) is 0 Å². The van der Waals surface area contributed by atoms with Gasteiger partial charge in [-0.25, -0.2) is 0 Å². The van der Waals surface area contributed by atoms with Gasteiger partial charge in [-0.15, -0.1) is 0 Å². The Kier molecular flexibility index (Phi) is 9.51. The molecule has 9 rings (SSSR count). The van der Waals surface area contributed by atoms with E-state index in [1.165, 1.54) is 49.7 Å². The van der Waals surface area contributed by atoms with E-state index in [0.29, 0.717) is 16.9 Å². The Bertz CT molecular complexity index is 1640. The quantitative estimate of drug-likeness (QED) is 0.193. The Morgan fingerprint density at radius 1 is 0.617 bits per heavy atom. The van der Waals surface area contributed by atoms with Crippen molar-refractivity contribution in [2.45, 2.75) is 78.7 Å². The van der Waals surface area contributed by atoms with Crippen LogP contribution in [0.4, 0.5) is 0 Å². The third-order valence-corrected chi connectivity index (χ3v) is 25.9. The molecule has 4 fully saturated rings. The first-order valence-corrected chi connectivity index (χ1v) is 24.0. The Morgan fingerprint density at radius 2 is 1.06 bits per heavy atom. The van der Waals surface area contributed by atoms with Gasteiger partial charge in [-0.2, -0.15) is 0 Å². The first kappa shape index (κ1) is 32.8. The first-order chi connectivity index (χ1) is 22.7. The van der Waals surface area contributed by atoms with E-state index in [1.807, 2.05) is 16.0 Å². The summed E-state index contributed by atoms with van der Waals surface area (Å²) in [6, 6.07) is 44.2. The standard InChI is InChI=1S/C12H11Si.C12H10.C11H18N.C9H13.Ti/c1-3-7-11(8-4-1)13-12-9-5-2-6-10-12;1-3-7-11(8-4-1)12-9-5-2-6-10-12;1-10-3-8-2-9(4-10)6-11(12,5-8)7-10;1-6-5-7(2)9(4)8(6)3;/h1-10,13H;1-10H;8-9,12H,2-7H2,1H3;6H,1-4H3;/q;;-1;;+1. The number of benzene rings is 4. The number of hydrogen-bond acceptors (Lipinski definition) is 1. The topological polar surface area (TPSA) is 12.0 Å². The van der Waals surface area contributed by atoms with Gasteiger partial charge >= 0.3 is 221 Å². The number of nitrogens with one attached hydrogen (secondary N) is 1. The molecule has 0 aromatic heterocycles. The minimum Gasteiger partial charge on any atom is -0.0622 e. The molecule has 5 aliphatic rings. The predicted molar refractivity (Wildman–Crippen MR) is 200 cm³/mol. The van der Waals surface area contributed by atoms with Crippen molar-refractivity contribution in [3.8, 4) is 11.1 Å². The van der Waals surface area contributed by atoms with Crippen LogP contribution in [0.5, 0.6) is 0 Å². The van der Waals surface area contributed by atoms with E-state index in [2.05, 4.69) is 144 Å². The predicted octanol–water partition coefficient (Wildman–Crippen LogP) is 9.62. The second kappa shape index (κ2) is 13.6. The Morgan fingerprint density at radius 3 is 1.47 bits per heavy atom. The molecule has 47 heavy (non-hydrogen) atoms. The molecule has 0 heterocycles. The monoisotopic (exact) mass is 670 g/mol. The smallest absolute Gasteiger partial charge is 0.0184 e. The molecule has 0 saturated heterocycles. The molecule has 3 heteroatoms. The number of rotatable bonds is 7. The molecule has 0 radical (unpaired) electrons. The average Bonchev–Trinajstić information content (AvgIpc) is 3.27. The van der Waals surface area contributed by atoms with Gasteiger partial charge in [0.2, 0.25) is 0 Å². The summed E-state index contributed by atoms with van der Waals surface area (Å²) < 4.78 is 6.64. The maximum absolute atomic E-state index is 4.77. The van der Waals surface area contributed by atoms with Crippen LogP contribution < -0.4 is 14.2 Å². The van der Waals surface area contributed by atoms with Gasteiger partial charge in [0.05, 0.1) is 0 Å². The van der Waals surface area contributed by atoms with Crippen molar-refractivity contribution >= 4 is 17.0 Å². The van der Waals surface area contributed by atoms with Crippen molar-refractivity contribution in [1.29, 1.82) is 0 Å². The molecule has 0 amide bonds. The van der Waals surface area contributed by atoms with Crippen LogP contribution in [0.3, 0.4) is 0 Å². The van der Waals surface area contributed by atoms with Gasteiger partial charge in [0.25, 0.3) is 0 Å². The summed E-state index contributed by atoms with van der Waals surface area (Å²) in [4.78, 5) is 0. The van der Waals surface area contributed by atoms with E-state index in [0.717, 1.165) is 11.8 Å². The van der Waals surface area contributed by atoms with Gasteiger partial charge in [0.15, 0.2) is 0 Å². The fraction of sp³-hybridized carbons (Fsp3) is 0.364. The number of allylic oxidation sites excluding steroid dienone is 4. The largest absolute Gasteiger partial charge is 0.0622 e. The fourth-order valence-electron chi connectivity index (χ4n) is 10.3. The molecule has 0 spiro atoms. The Balaban J connectivity index is 0.000000245. The van der Waals surface area contributed by atoms with Gasteiger partial charge in [0.1, 0.15) is 0 Å². The summed E-state index contributed by atoms with van der Waals surface area (Å²) in [5.74, 6) is 2.52. The van der Waals surface area contributed by atoms with Crippen molar-refractivity contribution in [2.75, 3.05) is 0 Å². The number of hydrogen-bond donors (Lipinski definition) is 1. The van der Waals surface area contributed by atoms with Crippen LogP contribution in [0, 0.1) is 23.2 Å². The fourth-order valence-corrected chi connectivity index (χ4v) is 26.8. The maximum Gasteiger partial charge on any atom is -0.0184 e. The molecule has 3 atom stereocenters. The zero-order valence-corrected chi connectivity index (χ0v) is 31.8. The zero-order valence-electron chi connectivity index (χ0n) is 29.1. The Labute approximate surface area is 291 Å². The van der Waals surface area contributed by atoms with E-state index < -0.39 is 24.0 Å². The molecule has 1 N–H and O–H groups in total. The minimum absolute atomic E-state index is 0.389. The van der Waals surface area contributed by atoms with E-state index >= 15 is 0 Å². The SMILES string of the molecule is CC1=C(C)C(C)[C]([Ti]([NH]C23CC4CC(CC(C)(C4)C2)C3)[SiH](c2ccccc2)c2ccccc2)=C1C.c1ccc(-c2ccccc2)cc1. The zero-order chi connectivity index (χ0) is 32.6. The van der Waals surface area contributed by atoms with Crippen molar-refractivity contribution in [3.05, 3.63) is 142 Å². The maximum atomic E-state index is 4.77. The van der Waals surface area contributed by atoms with Gasteiger partial charge < -0.3 is 0 Å². The summed E-state index contributed by atoms with van der Waals surface area (Å²) in [5, 5.41) is 3.29. The first-order valence-electron chi connectivity index (χ1n) is 18.0. The van der Waals surface area contributed by atoms with Crippen LogP contribution in [0.25, 0.3) is 11.1 Å². The van der Waals surface area contributed by atoms with Crippen molar-refractivity contribution in [2.24, 2.45) is 23.2 Å². The van der Waals surface area contributed by atoms with Crippen molar-refractivity contribution in [1.82, 2.24) is 3.80 Å². The van der Waals surface area contributed by atoms with Crippen molar-refractivity contribution in [3.63, 3.8) is 0 Å². The van der Waals surface area contributed by atoms with Crippen molar-refractivity contribution < 1.29 is 17.4 Å². The molecule has 4 aromatic carbocycles. The second-order valence-electron chi connectivity index (χ2n) is 15.6. The molecule has 4 saturated carbocycles. The molecule has 4 bridgehead atoms. The van der Waals surface area contributed by atoms with E-state index in [4.69, 9.17) is 3.80 Å². The third-order valence-electron chi connectivity index (χ3n) is 12.1. The third kappa shape index (κ3) is 6.77. The Hall–Kier alpha value is -2.75.